The highest BCUT2D eigenvalue weighted by Crippen LogP contribution is 2.34. The summed E-state index contributed by atoms with van der Waals surface area (Å²) in [6.45, 7) is 2.11. The molecule has 6 nitrogen and oxygen atoms in total. The van der Waals surface area contributed by atoms with Gasteiger partial charge in [0.25, 0.3) is 0 Å². The van der Waals surface area contributed by atoms with Gasteiger partial charge in [-0.25, -0.2) is 8.42 Å². The van der Waals surface area contributed by atoms with Crippen LogP contribution in [0.3, 0.4) is 0 Å². The SMILES string of the molecule is CCOC(=O)CSC1=N[C@H]2CS(=O)(=O)C[C@H]2N1c1ccccc1. The van der Waals surface area contributed by atoms with Crippen molar-refractivity contribution in [1.29, 1.82) is 0 Å². The minimum absolute atomic E-state index is 0.0739. The summed E-state index contributed by atoms with van der Waals surface area (Å²) in [6, 6.07) is 9.11. The first-order valence-electron chi connectivity index (χ1n) is 7.41. The van der Waals surface area contributed by atoms with E-state index in [2.05, 4.69) is 4.99 Å². The predicted octanol–water partition coefficient (Wildman–Crippen LogP) is 1.32. The fourth-order valence-electron chi connectivity index (χ4n) is 2.85. The van der Waals surface area contributed by atoms with E-state index >= 15 is 0 Å². The van der Waals surface area contributed by atoms with Crippen LogP contribution in [0.1, 0.15) is 6.92 Å². The van der Waals surface area contributed by atoms with E-state index in [0.717, 1.165) is 5.69 Å². The Morgan fingerprint density at radius 1 is 1.35 bits per heavy atom. The summed E-state index contributed by atoms with van der Waals surface area (Å²) >= 11 is 1.30. The molecule has 1 aromatic rings. The lowest BCUT2D eigenvalue weighted by atomic mass is 10.1. The Bertz CT molecular complexity index is 718. The van der Waals surface area contributed by atoms with Crippen LogP contribution in [-0.4, -0.2) is 55.5 Å². The minimum Gasteiger partial charge on any atom is -0.465 e. The van der Waals surface area contributed by atoms with Crippen molar-refractivity contribution < 1.29 is 17.9 Å². The molecule has 0 aliphatic carbocycles. The van der Waals surface area contributed by atoms with E-state index in [9.17, 15) is 13.2 Å². The van der Waals surface area contributed by atoms with E-state index in [-0.39, 0.29) is 35.3 Å². The molecular weight excluding hydrogens is 336 g/mol. The number of carbonyl (C=O) groups is 1. The van der Waals surface area contributed by atoms with Gasteiger partial charge in [0, 0.05) is 5.69 Å². The maximum absolute atomic E-state index is 11.9. The van der Waals surface area contributed by atoms with Crippen molar-refractivity contribution >= 4 is 38.4 Å². The molecule has 0 aromatic heterocycles. The number of thioether (sulfide) groups is 1. The van der Waals surface area contributed by atoms with Gasteiger partial charge in [-0.3, -0.25) is 9.79 Å². The van der Waals surface area contributed by atoms with E-state index < -0.39 is 9.84 Å². The van der Waals surface area contributed by atoms with Crippen LogP contribution in [0.5, 0.6) is 0 Å². The molecule has 1 saturated heterocycles. The van der Waals surface area contributed by atoms with E-state index in [1.165, 1.54) is 11.8 Å². The zero-order valence-corrected chi connectivity index (χ0v) is 14.3. The third-order valence-electron chi connectivity index (χ3n) is 3.77. The maximum atomic E-state index is 11.9. The first-order chi connectivity index (χ1) is 11.0. The number of nitrogens with zero attached hydrogens (tertiary/aromatic N) is 2. The summed E-state index contributed by atoms with van der Waals surface area (Å²) in [7, 11) is -3.06. The lowest BCUT2D eigenvalue weighted by Crippen LogP contribution is -2.39. The number of sulfone groups is 1. The number of aliphatic imine (C=N–C) groups is 1. The van der Waals surface area contributed by atoms with Gasteiger partial charge in [0.05, 0.1) is 35.9 Å². The molecule has 1 fully saturated rings. The molecule has 2 heterocycles. The Morgan fingerprint density at radius 2 is 2.09 bits per heavy atom. The van der Waals surface area contributed by atoms with Crippen LogP contribution < -0.4 is 4.90 Å². The first kappa shape index (κ1) is 16.3. The third-order valence-corrected chi connectivity index (χ3v) is 6.41. The Balaban J connectivity index is 1.83. The molecule has 2 aliphatic heterocycles. The largest absolute Gasteiger partial charge is 0.465 e. The number of ether oxygens (including phenoxy) is 1. The highest BCUT2D eigenvalue weighted by Gasteiger charge is 2.47. The number of para-hydroxylation sites is 1. The van der Waals surface area contributed by atoms with Crippen LogP contribution in [-0.2, 0) is 19.4 Å². The summed E-state index contributed by atoms with van der Waals surface area (Å²) < 4.78 is 28.7. The maximum Gasteiger partial charge on any atom is 0.316 e. The third kappa shape index (κ3) is 3.53. The van der Waals surface area contributed by atoms with Crippen molar-refractivity contribution in [2.75, 3.05) is 28.8 Å². The summed E-state index contributed by atoms with van der Waals surface area (Å²) in [5, 5.41) is 0.689. The number of anilines is 1. The zero-order chi connectivity index (χ0) is 16.4. The lowest BCUT2D eigenvalue weighted by molar-refractivity contribution is -0.139. The zero-order valence-electron chi connectivity index (χ0n) is 12.7. The summed E-state index contributed by atoms with van der Waals surface area (Å²) in [5.74, 6) is 0.0459. The van der Waals surface area contributed by atoms with E-state index in [1.807, 2.05) is 35.2 Å². The van der Waals surface area contributed by atoms with Crippen LogP contribution in [0.25, 0.3) is 0 Å². The number of esters is 1. The van der Waals surface area contributed by atoms with Crippen molar-refractivity contribution in [3.63, 3.8) is 0 Å². The van der Waals surface area contributed by atoms with Gasteiger partial charge in [-0.05, 0) is 19.1 Å². The number of fused-ring (bicyclic) bond motifs is 1. The first-order valence-corrected chi connectivity index (χ1v) is 10.2. The van der Waals surface area contributed by atoms with E-state index in [1.54, 1.807) is 6.92 Å². The number of rotatable bonds is 4. The Labute approximate surface area is 139 Å². The molecule has 1 aromatic carbocycles. The molecule has 0 bridgehead atoms. The second kappa shape index (κ2) is 6.52. The van der Waals surface area contributed by atoms with E-state index in [4.69, 9.17) is 4.74 Å². The molecule has 23 heavy (non-hydrogen) atoms. The van der Waals surface area contributed by atoms with E-state index in [0.29, 0.717) is 11.8 Å². The Hall–Kier alpha value is -1.54. The quantitative estimate of drug-likeness (QED) is 0.759. The second-order valence-corrected chi connectivity index (χ2v) is 8.52. The summed E-state index contributed by atoms with van der Waals surface area (Å²) in [5.41, 5.74) is 0.896. The van der Waals surface area contributed by atoms with Crippen molar-refractivity contribution in [2.24, 2.45) is 4.99 Å². The molecule has 0 saturated carbocycles. The van der Waals surface area contributed by atoms with Gasteiger partial charge in [-0.2, -0.15) is 0 Å². The fourth-order valence-corrected chi connectivity index (χ4v) is 5.61. The van der Waals surface area contributed by atoms with Crippen LogP contribution >= 0.6 is 11.8 Å². The standard InChI is InChI=1S/C15H18N2O4S2/c1-2-21-14(18)8-22-15-16-12-9-23(19,20)10-13(12)17(15)11-6-4-3-5-7-11/h3-7,12-13H,2,8-10H2,1H3/t12-,13+/m0/s1. The molecule has 0 N–H and O–H groups in total. The highest BCUT2D eigenvalue weighted by molar-refractivity contribution is 8.14. The average molecular weight is 354 g/mol. The summed E-state index contributed by atoms with van der Waals surface area (Å²) in [6.07, 6.45) is 0. The van der Waals surface area contributed by atoms with Crippen molar-refractivity contribution in [1.82, 2.24) is 0 Å². The Morgan fingerprint density at radius 3 is 2.78 bits per heavy atom. The van der Waals surface area contributed by atoms with Crippen LogP contribution in [0.4, 0.5) is 5.69 Å². The fraction of sp³-hybridized carbons (Fsp3) is 0.467. The van der Waals surface area contributed by atoms with Gasteiger partial charge in [0.15, 0.2) is 15.0 Å². The molecule has 2 atom stereocenters. The lowest BCUT2D eigenvalue weighted by Gasteiger charge is -2.26. The minimum atomic E-state index is -3.06. The molecule has 0 radical (unpaired) electrons. The molecular formula is C15H18N2O4S2. The number of hydrogen-bond acceptors (Lipinski definition) is 7. The molecule has 0 amide bonds. The number of benzene rings is 1. The number of carbonyl (C=O) groups excluding carboxylic acids is 1. The normalized spacial score (nSPS) is 25.1. The summed E-state index contributed by atoms with van der Waals surface area (Å²) in [4.78, 5) is 18.1. The molecule has 0 unspecified atom stereocenters. The predicted molar refractivity (Wildman–Crippen MR) is 91.7 cm³/mol. The van der Waals surface area contributed by atoms with Gasteiger partial charge in [0.1, 0.15) is 0 Å². The Kier molecular flexibility index (Phi) is 4.63. The second-order valence-electron chi connectivity index (χ2n) is 5.42. The van der Waals surface area contributed by atoms with Crippen molar-refractivity contribution in [2.45, 2.75) is 19.0 Å². The van der Waals surface area contributed by atoms with Gasteiger partial charge < -0.3 is 9.64 Å². The molecule has 0 spiro atoms. The van der Waals surface area contributed by atoms with Crippen LogP contribution in [0, 0.1) is 0 Å². The van der Waals surface area contributed by atoms with Crippen molar-refractivity contribution in [3.05, 3.63) is 30.3 Å². The van der Waals surface area contributed by atoms with Gasteiger partial charge in [0.2, 0.25) is 0 Å². The highest BCUT2D eigenvalue weighted by atomic mass is 32.2. The molecule has 8 heteroatoms. The smallest absolute Gasteiger partial charge is 0.316 e. The number of hydrogen-bond donors (Lipinski definition) is 0. The van der Waals surface area contributed by atoms with Crippen LogP contribution in [0.2, 0.25) is 0 Å². The molecule has 124 valence electrons. The topological polar surface area (TPSA) is 76.0 Å². The molecule has 3 rings (SSSR count). The molecule has 2 aliphatic rings. The van der Waals surface area contributed by atoms with Gasteiger partial charge in [-0.1, -0.05) is 30.0 Å². The number of amidine groups is 1. The van der Waals surface area contributed by atoms with Gasteiger partial charge >= 0.3 is 5.97 Å². The average Bonchev–Trinajstić information content (AvgIpc) is 2.97. The van der Waals surface area contributed by atoms with Crippen molar-refractivity contribution in [3.8, 4) is 0 Å². The van der Waals surface area contributed by atoms with Crippen LogP contribution in [0.15, 0.2) is 35.3 Å². The monoisotopic (exact) mass is 354 g/mol. The van der Waals surface area contributed by atoms with Gasteiger partial charge in [-0.15, -0.1) is 0 Å².